The summed E-state index contributed by atoms with van der Waals surface area (Å²) in [5.74, 6) is 2.51. The van der Waals surface area contributed by atoms with Crippen LogP contribution in [0.3, 0.4) is 0 Å². The minimum Gasteiger partial charge on any atom is -0.312 e. The molecule has 1 heteroatoms. The molecule has 4 aliphatic rings. The van der Waals surface area contributed by atoms with Crippen molar-refractivity contribution in [1.29, 1.82) is 0 Å². The Balaban J connectivity index is 1.79. The van der Waals surface area contributed by atoms with E-state index >= 15 is 0 Å². The van der Waals surface area contributed by atoms with E-state index in [9.17, 15) is 0 Å². The third-order valence-electron chi connectivity index (χ3n) is 5.83. The summed E-state index contributed by atoms with van der Waals surface area (Å²) >= 11 is 0. The second kappa shape index (κ2) is 4.05. The maximum absolute atomic E-state index is 2.49. The second-order valence-corrected chi connectivity index (χ2v) is 6.96. The number of rotatable bonds is 1. The van der Waals surface area contributed by atoms with E-state index in [1.165, 1.54) is 22.3 Å². The third-order valence-corrected chi connectivity index (χ3v) is 5.83. The lowest BCUT2D eigenvalue weighted by Gasteiger charge is -2.15. The molecule has 0 radical (unpaired) electrons. The Morgan fingerprint density at radius 1 is 0.696 bits per heavy atom. The van der Waals surface area contributed by atoms with Crippen LogP contribution in [0.1, 0.15) is 23.1 Å². The molecular formula is C22H17N. The fourth-order valence-electron chi connectivity index (χ4n) is 4.80. The van der Waals surface area contributed by atoms with Gasteiger partial charge in [-0.25, -0.2) is 0 Å². The highest BCUT2D eigenvalue weighted by molar-refractivity contribution is 5.89. The van der Waals surface area contributed by atoms with Gasteiger partial charge in [-0.05, 0) is 35.6 Å². The molecule has 2 atom stereocenters. The van der Waals surface area contributed by atoms with Gasteiger partial charge in [0.2, 0.25) is 0 Å². The van der Waals surface area contributed by atoms with E-state index < -0.39 is 0 Å². The van der Waals surface area contributed by atoms with Gasteiger partial charge in [-0.3, -0.25) is 0 Å². The van der Waals surface area contributed by atoms with Gasteiger partial charge in [0.25, 0.3) is 0 Å². The van der Waals surface area contributed by atoms with E-state index in [0.717, 1.165) is 0 Å². The van der Waals surface area contributed by atoms with E-state index in [1.807, 2.05) is 0 Å². The summed E-state index contributed by atoms with van der Waals surface area (Å²) in [4.78, 5) is 0. The Morgan fingerprint density at radius 2 is 1.39 bits per heavy atom. The van der Waals surface area contributed by atoms with Gasteiger partial charge in [-0.15, -0.1) is 0 Å². The maximum Gasteiger partial charge on any atom is 0.0534 e. The summed E-state index contributed by atoms with van der Waals surface area (Å²) in [6, 6.07) is 19.7. The van der Waals surface area contributed by atoms with Crippen molar-refractivity contribution < 1.29 is 0 Å². The van der Waals surface area contributed by atoms with E-state index in [4.69, 9.17) is 0 Å². The molecule has 3 aromatic rings. The first kappa shape index (κ1) is 12.0. The largest absolute Gasteiger partial charge is 0.312 e. The number of allylic oxidation sites excluding steroid dienone is 4. The number of para-hydroxylation sites is 2. The molecule has 1 heterocycles. The van der Waals surface area contributed by atoms with Gasteiger partial charge in [-0.2, -0.15) is 0 Å². The first-order valence-electron chi connectivity index (χ1n) is 8.49. The van der Waals surface area contributed by atoms with Crippen LogP contribution in [0, 0.1) is 11.8 Å². The van der Waals surface area contributed by atoms with Crippen LogP contribution in [0.25, 0.3) is 16.6 Å². The van der Waals surface area contributed by atoms with Crippen molar-refractivity contribution in [3.8, 4) is 5.69 Å². The smallest absolute Gasteiger partial charge is 0.0534 e. The van der Waals surface area contributed by atoms with E-state index in [2.05, 4.69) is 83.5 Å². The van der Waals surface area contributed by atoms with Crippen molar-refractivity contribution in [2.75, 3.05) is 0 Å². The van der Waals surface area contributed by atoms with Crippen molar-refractivity contribution >= 4 is 10.9 Å². The van der Waals surface area contributed by atoms with Crippen molar-refractivity contribution in [3.63, 3.8) is 0 Å². The number of hydrogen-bond donors (Lipinski definition) is 0. The zero-order chi connectivity index (χ0) is 15.0. The zero-order valence-electron chi connectivity index (χ0n) is 12.8. The summed E-state index contributed by atoms with van der Waals surface area (Å²) in [5.41, 5.74) is 5.70. The van der Waals surface area contributed by atoms with Crippen molar-refractivity contribution in [2.45, 2.75) is 11.8 Å². The standard InChI is InChI=1S/C22H17N/c1-2-6-15(7-3-1)23-19-9-5-4-8-18(19)21-20-16-12-10-14(22(21)23)11-13-17(16)20/h1-14,16-17,20H. The van der Waals surface area contributed by atoms with Crippen LogP contribution in [0.15, 0.2) is 78.9 Å². The molecule has 1 nitrogen and oxygen atoms in total. The molecule has 2 aromatic carbocycles. The quantitative estimate of drug-likeness (QED) is 0.545. The van der Waals surface area contributed by atoms with Crippen LogP contribution in [-0.2, 0) is 0 Å². The molecule has 0 N–H and O–H groups in total. The van der Waals surface area contributed by atoms with Gasteiger partial charge in [0, 0.05) is 28.6 Å². The van der Waals surface area contributed by atoms with Gasteiger partial charge in [0.1, 0.15) is 0 Å². The van der Waals surface area contributed by atoms with Gasteiger partial charge < -0.3 is 4.57 Å². The lowest BCUT2D eigenvalue weighted by molar-refractivity contribution is 0.911. The van der Waals surface area contributed by atoms with E-state index in [0.29, 0.717) is 23.7 Å². The van der Waals surface area contributed by atoms with Gasteiger partial charge >= 0.3 is 0 Å². The van der Waals surface area contributed by atoms with Crippen LogP contribution < -0.4 is 0 Å². The van der Waals surface area contributed by atoms with Gasteiger partial charge in [-0.1, -0.05) is 60.7 Å². The summed E-state index contributed by atoms with van der Waals surface area (Å²) in [7, 11) is 0. The first-order chi connectivity index (χ1) is 11.4. The summed E-state index contributed by atoms with van der Waals surface area (Å²) in [6.45, 7) is 0. The summed E-state index contributed by atoms with van der Waals surface area (Å²) < 4.78 is 2.49. The average molecular weight is 295 g/mol. The highest BCUT2D eigenvalue weighted by Gasteiger charge is 2.53. The zero-order valence-corrected chi connectivity index (χ0v) is 12.8. The first-order valence-corrected chi connectivity index (χ1v) is 8.49. The number of benzene rings is 2. The fourth-order valence-corrected chi connectivity index (χ4v) is 4.80. The number of hydrogen-bond acceptors (Lipinski definition) is 0. The summed E-state index contributed by atoms with van der Waals surface area (Å²) in [5, 5.41) is 1.45. The molecule has 0 aliphatic heterocycles. The van der Waals surface area contributed by atoms with Crippen LogP contribution in [0.4, 0.5) is 0 Å². The molecule has 7 rings (SSSR count). The van der Waals surface area contributed by atoms with Crippen molar-refractivity contribution in [1.82, 2.24) is 4.57 Å². The Morgan fingerprint density at radius 3 is 2.17 bits per heavy atom. The van der Waals surface area contributed by atoms with E-state index in [-0.39, 0.29) is 0 Å². The predicted molar refractivity (Wildman–Crippen MR) is 94.0 cm³/mol. The summed E-state index contributed by atoms with van der Waals surface area (Å²) in [6.07, 6.45) is 9.77. The normalized spacial score (nSPS) is 29.4. The predicted octanol–water partition coefficient (Wildman–Crippen LogP) is 5.18. The average Bonchev–Trinajstić information content (AvgIpc) is 3.29. The molecule has 0 saturated heterocycles. The van der Waals surface area contributed by atoms with Crippen molar-refractivity contribution in [2.24, 2.45) is 11.8 Å². The molecule has 1 fully saturated rings. The Bertz CT molecular complexity index is 969. The highest BCUT2D eigenvalue weighted by Crippen LogP contribution is 2.63. The molecule has 1 aromatic heterocycles. The van der Waals surface area contributed by atoms with Crippen molar-refractivity contribution in [3.05, 3.63) is 90.2 Å². The Hall–Kier alpha value is -2.54. The molecule has 4 bridgehead atoms. The molecule has 0 spiro atoms. The monoisotopic (exact) mass is 295 g/mol. The van der Waals surface area contributed by atoms with Crippen LogP contribution in [0.2, 0.25) is 0 Å². The number of nitrogens with zero attached hydrogens (tertiary/aromatic N) is 1. The number of fused-ring (bicyclic) bond motifs is 1. The number of aromatic nitrogens is 1. The SMILES string of the molecule is C1=CC2C3C=CC1c1c(c4ccccc4n1-c1ccccc1)C23. The molecule has 0 amide bonds. The maximum atomic E-state index is 2.49. The molecule has 23 heavy (non-hydrogen) atoms. The minimum atomic E-state index is 0.401. The Labute approximate surface area is 135 Å². The van der Waals surface area contributed by atoms with Crippen LogP contribution in [-0.4, -0.2) is 4.57 Å². The third kappa shape index (κ3) is 1.43. The lowest BCUT2D eigenvalue weighted by atomic mass is 9.99. The minimum absolute atomic E-state index is 0.401. The van der Waals surface area contributed by atoms with E-state index in [1.54, 1.807) is 5.56 Å². The van der Waals surface area contributed by atoms with Crippen LogP contribution >= 0.6 is 0 Å². The van der Waals surface area contributed by atoms with Gasteiger partial charge in [0.05, 0.1) is 5.52 Å². The second-order valence-electron chi connectivity index (χ2n) is 6.96. The Kier molecular flexibility index (Phi) is 2.11. The fraction of sp³-hybridized carbons (Fsp3) is 0.182. The molecule has 4 aliphatic carbocycles. The lowest BCUT2D eigenvalue weighted by Crippen LogP contribution is -2.04. The molecule has 110 valence electrons. The molecular weight excluding hydrogens is 278 g/mol. The molecule has 1 saturated carbocycles. The molecule has 2 unspecified atom stereocenters. The van der Waals surface area contributed by atoms with Gasteiger partial charge in [0.15, 0.2) is 0 Å². The topological polar surface area (TPSA) is 4.93 Å². The highest BCUT2D eigenvalue weighted by atomic mass is 15.0. The van der Waals surface area contributed by atoms with Crippen LogP contribution in [0.5, 0.6) is 0 Å².